The second-order valence-corrected chi connectivity index (χ2v) is 10.4. The maximum atomic E-state index is 14.2. The number of hydrogen-bond acceptors (Lipinski definition) is 6. The Hall–Kier alpha value is -4.15. The lowest BCUT2D eigenvalue weighted by Crippen LogP contribution is -2.41. The van der Waals surface area contributed by atoms with Crippen LogP contribution in [0.3, 0.4) is 0 Å². The molecule has 4 aromatic rings. The summed E-state index contributed by atoms with van der Waals surface area (Å²) in [6.45, 7) is 1.66. The first-order valence-electron chi connectivity index (χ1n) is 12.5. The molecule has 0 aliphatic carbocycles. The van der Waals surface area contributed by atoms with Crippen molar-refractivity contribution in [1.82, 2.24) is 4.57 Å². The third kappa shape index (κ3) is 6.13. The Morgan fingerprint density at radius 2 is 1.80 bits per heavy atom. The molecule has 1 atom stereocenters. The third-order valence-corrected chi connectivity index (χ3v) is 7.42. The Balaban J connectivity index is 1.63. The van der Waals surface area contributed by atoms with E-state index in [1.807, 2.05) is 30.3 Å². The normalized spacial score (nSPS) is 15.3. The fraction of sp³-hybridized carbons (Fsp3) is 0.167. The highest BCUT2D eigenvalue weighted by Gasteiger charge is 2.45. The predicted molar refractivity (Wildman–Crippen MR) is 149 cm³/mol. The molecular weight excluding hydrogens is 577 g/mol. The van der Waals surface area contributed by atoms with Crippen LogP contribution in [0, 0.1) is 0 Å². The summed E-state index contributed by atoms with van der Waals surface area (Å²) in [4.78, 5) is 30.2. The van der Waals surface area contributed by atoms with E-state index in [1.54, 1.807) is 30.3 Å². The highest BCUT2D eigenvalue weighted by Crippen LogP contribution is 2.38. The first-order chi connectivity index (χ1) is 19.7. The number of carbonyl (C=O) groups is 1. The lowest BCUT2D eigenvalue weighted by Gasteiger charge is -2.26. The van der Waals surface area contributed by atoms with Crippen LogP contribution in [-0.4, -0.2) is 23.3 Å². The number of alkyl halides is 3. The summed E-state index contributed by atoms with van der Waals surface area (Å²) < 4.78 is 54.8. The molecule has 0 bridgehead atoms. The smallest absolute Gasteiger partial charge is 0.434 e. The third-order valence-electron chi connectivity index (χ3n) is 6.18. The van der Waals surface area contributed by atoms with E-state index in [9.17, 15) is 22.8 Å². The number of allylic oxidation sites excluding steroid dienone is 1. The summed E-state index contributed by atoms with van der Waals surface area (Å²) in [6, 6.07) is 21.0. The van der Waals surface area contributed by atoms with Crippen molar-refractivity contribution in [2.24, 2.45) is 4.99 Å². The first kappa shape index (κ1) is 28.4. The highest BCUT2D eigenvalue weighted by molar-refractivity contribution is 7.07. The highest BCUT2D eigenvalue weighted by atomic mass is 35.5. The molecule has 2 heterocycles. The maximum absolute atomic E-state index is 14.2. The molecule has 1 aliphatic rings. The van der Waals surface area contributed by atoms with E-state index in [0.29, 0.717) is 22.9 Å². The van der Waals surface area contributed by atoms with Gasteiger partial charge in [0, 0.05) is 5.02 Å². The summed E-state index contributed by atoms with van der Waals surface area (Å²) in [5, 5.41) is 0.341. The number of fused-ring (bicyclic) bond motifs is 1. The number of esters is 1. The van der Waals surface area contributed by atoms with E-state index in [0.717, 1.165) is 21.5 Å². The molecule has 0 amide bonds. The largest absolute Gasteiger partial charge is 0.489 e. The zero-order valence-corrected chi connectivity index (χ0v) is 23.1. The van der Waals surface area contributed by atoms with E-state index >= 15 is 0 Å². The van der Waals surface area contributed by atoms with Crippen LogP contribution in [0.25, 0.3) is 6.08 Å². The summed E-state index contributed by atoms with van der Waals surface area (Å²) in [5.74, 6) is -0.653. The van der Waals surface area contributed by atoms with E-state index < -0.39 is 35.0 Å². The Labute approximate surface area is 241 Å². The lowest BCUT2D eigenvalue weighted by molar-refractivity contribution is -0.140. The van der Waals surface area contributed by atoms with Gasteiger partial charge in [0.2, 0.25) is 0 Å². The average molecular weight is 599 g/mol. The van der Waals surface area contributed by atoms with Gasteiger partial charge in [0.25, 0.3) is 5.56 Å². The molecule has 41 heavy (non-hydrogen) atoms. The van der Waals surface area contributed by atoms with Gasteiger partial charge < -0.3 is 9.47 Å². The number of carbonyl (C=O) groups excluding carboxylic acids is 1. The Morgan fingerprint density at radius 3 is 2.49 bits per heavy atom. The molecular formula is C30H22ClF3N2O4S. The van der Waals surface area contributed by atoms with E-state index in [-0.39, 0.29) is 21.5 Å². The fourth-order valence-electron chi connectivity index (χ4n) is 4.39. The number of thiazole rings is 1. The molecule has 1 aliphatic heterocycles. The minimum absolute atomic E-state index is 0.134. The van der Waals surface area contributed by atoms with Gasteiger partial charge in [-0.3, -0.25) is 9.36 Å². The lowest BCUT2D eigenvalue weighted by atomic mass is 9.95. The number of hydrogen-bond donors (Lipinski definition) is 0. The van der Waals surface area contributed by atoms with Gasteiger partial charge in [-0.15, -0.1) is 0 Å². The van der Waals surface area contributed by atoms with Crippen LogP contribution in [0.2, 0.25) is 5.02 Å². The van der Waals surface area contributed by atoms with Crippen molar-refractivity contribution in [3.63, 3.8) is 0 Å². The molecule has 11 heteroatoms. The number of rotatable bonds is 7. The number of aromatic nitrogens is 1. The van der Waals surface area contributed by atoms with Crippen LogP contribution in [-0.2, 0) is 16.1 Å². The molecule has 6 nitrogen and oxygen atoms in total. The van der Waals surface area contributed by atoms with Gasteiger partial charge in [0.05, 0.1) is 22.8 Å². The molecule has 1 aromatic heterocycles. The first-order valence-corrected chi connectivity index (χ1v) is 13.7. The Kier molecular flexibility index (Phi) is 8.14. The summed E-state index contributed by atoms with van der Waals surface area (Å²) in [6.07, 6.45) is -3.42. The van der Waals surface area contributed by atoms with Gasteiger partial charge in [0.15, 0.2) is 10.5 Å². The minimum atomic E-state index is -4.98. The maximum Gasteiger partial charge on any atom is 0.434 e. The van der Waals surface area contributed by atoms with Gasteiger partial charge in [-0.2, -0.15) is 13.2 Å². The van der Waals surface area contributed by atoms with Crippen LogP contribution in [0.4, 0.5) is 13.2 Å². The van der Waals surface area contributed by atoms with Crippen molar-refractivity contribution in [3.8, 4) is 5.75 Å². The molecule has 210 valence electrons. The van der Waals surface area contributed by atoms with Crippen LogP contribution in [0.1, 0.15) is 29.7 Å². The summed E-state index contributed by atoms with van der Waals surface area (Å²) in [7, 11) is 0. The van der Waals surface area contributed by atoms with E-state index in [4.69, 9.17) is 21.1 Å². The molecule has 0 N–H and O–H groups in total. The second kappa shape index (κ2) is 11.8. The number of halogens is 4. The van der Waals surface area contributed by atoms with Crippen LogP contribution in [0.15, 0.2) is 99.9 Å². The van der Waals surface area contributed by atoms with Crippen molar-refractivity contribution in [1.29, 1.82) is 0 Å². The summed E-state index contributed by atoms with van der Waals surface area (Å²) in [5.41, 5.74) is -0.946. The van der Waals surface area contributed by atoms with Crippen LogP contribution < -0.4 is 19.6 Å². The van der Waals surface area contributed by atoms with Gasteiger partial charge in [-0.05, 0) is 54.0 Å². The molecule has 5 rings (SSSR count). The number of ether oxygens (including phenoxy) is 2. The quantitative estimate of drug-likeness (QED) is 0.261. The standard InChI is InChI=1S/C30H22ClF3N2O4S/c1-2-39-28(38)24-25(20-11-13-21(31)14-12-20)36-27(37)23(41-29(36)35-26(24)30(32,33)34)16-19-9-6-10-22(15-19)40-17-18-7-4-3-5-8-18/h3-16,25H,2,17H2,1H3/b23-16+/t25-/m1/s1. The topological polar surface area (TPSA) is 69.9 Å². The molecule has 0 unspecified atom stereocenters. The Morgan fingerprint density at radius 1 is 1.07 bits per heavy atom. The SMILES string of the molecule is CCOC(=O)C1=C(C(F)(F)F)N=c2s/c(=C/c3cccc(OCc4ccccc4)c3)c(=O)n2[C@@H]1c1ccc(Cl)cc1. The van der Waals surface area contributed by atoms with Crippen LogP contribution >= 0.6 is 22.9 Å². The second-order valence-electron chi connectivity index (χ2n) is 8.96. The molecule has 0 fully saturated rings. The van der Waals surface area contributed by atoms with Crippen LogP contribution in [0.5, 0.6) is 5.75 Å². The van der Waals surface area contributed by atoms with Gasteiger partial charge in [0.1, 0.15) is 12.4 Å². The zero-order valence-electron chi connectivity index (χ0n) is 21.5. The zero-order chi connectivity index (χ0) is 29.1. The summed E-state index contributed by atoms with van der Waals surface area (Å²) >= 11 is 6.81. The van der Waals surface area contributed by atoms with E-state index in [2.05, 4.69) is 4.99 Å². The van der Waals surface area contributed by atoms with Crippen molar-refractivity contribution in [2.75, 3.05) is 6.61 Å². The fourth-order valence-corrected chi connectivity index (χ4v) is 5.51. The van der Waals surface area contributed by atoms with Gasteiger partial charge in [-0.1, -0.05) is 77.5 Å². The number of benzene rings is 3. The molecule has 0 radical (unpaired) electrons. The number of nitrogens with zero attached hydrogens (tertiary/aromatic N) is 2. The molecule has 0 saturated heterocycles. The van der Waals surface area contributed by atoms with Crippen molar-refractivity contribution in [2.45, 2.75) is 25.7 Å². The van der Waals surface area contributed by atoms with Gasteiger partial charge >= 0.3 is 12.1 Å². The average Bonchev–Trinajstić information content (AvgIpc) is 3.26. The minimum Gasteiger partial charge on any atom is -0.489 e. The van der Waals surface area contributed by atoms with Gasteiger partial charge in [-0.25, -0.2) is 9.79 Å². The molecule has 0 spiro atoms. The molecule has 0 saturated carbocycles. The predicted octanol–water partition coefficient (Wildman–Crippen LogP) is 5.57. The van der Waals surface area contributed by atoms with E-state index in [1.165, 1.54) is 31.2 Å². The molecule has 3 aromatic carbocycles. The Bertz CT molecular complexity index is 1800. The van der Waals surface area contributed by atoms with Crippen molar-refractivity contribution in [3.05, 3.63) is 132 Å². The van der Waals surface area contributed by atoms with Crippen molar-refractivity contribution < 1.29 is 27.4 Å². The monoisotopic (exact) mass is 598 g/mol. The van der Waals surface area contributed by atoms with Crippen molar-refractivity contribution >= 4 is 35.0 Å².